The second-order valence-corrected chi connectivity index (χ2v) is 9.24. The summed E-state index contributed by atoms with van der Waals surface area (Å²) in [7, 11) is 1.54. The van der Waals surface area contributed by atoms with Gasteiger partial charge in [0.25, 0.3) is 5.91 Å². The summed E-state index contributed by atoms with van der Waals surface area (Å²) < 4.78 is 33.0. The Morgan fingerprint density at radius 3 is 2.74 bits per heavy atom. The highest BCUT2D eigenvalue weighted by Gasteiger charge is 2.59. The molecule has 6 nitrogen and oxygen atoms in total. The van der Waals surface area contributed by atoms with Gasteiger partial charge in [-0.05, 0) is 24.3 Å². The van der Waals surface area contributed by atoms with E-state index in [1.54, 1.807) is 43.5 Å². The third kappa shape index (κ3) is 3.56. The summed E-state index contributed by atoms with van der Waals surface area (Å²) in [5.74, 6) is -0.584. The first-order chi connectivity index (χ1) is 16.4. The Kier molecular flexibility index (Phi) is 5.65. The largest absolute Gasteiger partial charge is 0.497 e. The van der Waals surface area contributed by atoms with E-state index in [1.807, 2.05) is 12.1 Å². The van der Waals surface area contributed by atoms with Crippen LogP contribution in [0.2, 0.25) is 0 Å². The van der Waals surface area contributed by atoms with Gasteiger partial charge in [0.1, 0.15) is 17.4 Å². The van der Waals surface area contributed by atoms with Crippen molar-refractivity contribution < 1.29 is 23.1 Å². The van der Waals surface area contributed by atoms with E-state index in [4.69, 9.17) is 4.74 Å². The number of hydrogen-bond donors (Lipinski definition) is 1. The summed E-state index contributed by atoms with van der Waals surface area (Å²) in [6.07, 6.45) is 0. The molecule has 0 radical (unpaired) electrons. The molecule has 1 atom stereocenters. The van der Waals surface area contributed by atoms with Gasteiger partial charge in [-0.25, -0.2) is 13.6 Å². The number of para-hydroxylation sites is 1. The topological polar surface area (TPSA) is 61.9 Å². The first-order valence-corrected chi connectivity index (χ1v) is 11.6. The number of fused-ring (bicyclic) bond motifs is 2. The Labute approximate surface area is 199 Å². The Bertz CT molecular complexity index is 1290. The van der Waals surface area contributed by atoms with E-state index in [2.05, 4.69) is 5.32 Å². The Balaban J connectivity index is 1.50. The smallest absolute Gasteiger partial charge is 0.323 e. The van der Waals surface area contributed by atoms with Crippen LogP contribution in [0.3, 0.4) is 0 Å². The molecule has 3 aromatic rings. The van der Waals surface area contributed by atoms with E-state index in [9.17, 15) is 18.4 Å². The minimum absolute atomic E-state index is 0.0738. The predicted octanol–water partition coefficient (Wildman–Crippen LogP) is 4.95. The molecule has 1 spiro atoms. The highest BCUT2D eigenvalue weighted by Crippen LogP contribution is 2.54. The zero-order chi connectivity index (χ0) is 23.9. The van der Waals surface area contributed by atoms with Crippen molar-refractivity contribution in [3.63, 3.8) is 0 Å². The Hall–Kier alpha value is -3.59. The molecule has 174 valence electrons. The number of rotatable bonds is 4. The van der Waals surface area contributed by atoms with Crippen molar-refractivity contribution in [3.8, 4) is 5.75 Å². The standard InChI is InChI=1S/C25H21F2N3O3S/c1-33-19-6-4-5-18(14-19)28-24(32)30-11-12-34-25(30)20-7-2-3-8-22(20)29(23(25)31)15-16-9-10-17(26)13-21(16)27/h2-10,13-14H,11-12,15H2,1H3,(H,28,32). The SMILES string of the molecule is COc1cccc(NC(=O)N2CCSC23C(=O)N(Cc2ccc(F)cc2F)c2ccccc23)c1. The lowest BCUT2D eigenvalue weighted by atomic mass is 10.1. The zero-order valence-corrected chi connectivity index (χ0v) is 19.1. The molecule has 3 aromatic carbocycles. The molecule has 5 rings (SSSR count). The molecule has 2 aliphatic heterocycles. The van der Waals surface area contributed by atoms with Crippen LogP contribution in [-0.2, 0) is 16.2 Å². The third-order valence-electron chi connectivity index (χ3n) is 6.01. The van der Waals surface area contributed by atoms with Crippen LogP contribution in [0.1, 0.15) is 11.1 Å². The van der Waals surface area contributed by atoms with Gasteiger partial charge in [-0.1, -0.05) is 30.3 Å². The van der Waals surface area contributed by atoms with Crippen LogP contribution in [0.25, 0.3) is 0 Å². The van der Waals surface area contributed by atoms with E-state index in [0.29, 0.717) is 35.0 Å². The molecule has 1 saturated heterocycles. The molecule has 2 aliphatic rings. The van der Waals surface area contributed by atoms with Crippen LogP contribution in [0.5, 0.6) is 5.75 Å². The second-order valence-electron chi connectivity index (χ2n) is 7.95. The predicted molar refractivity (Wildman–Crippen MR) is 127 cm³/mol. The number of nitrogens with one attached hydrogen (secondary N) is 1. The van der Waals surface area contributed by atoms with Gasteiger partial charge in [0, 0.05) is 41.2 Å². The molecule has 1 N–H and O–H groups in total. The van der Waals surface area contributed by atoms with Gasteiger partial charge in [0.05, 0.1) is 19.3 Å². The molecule has 1 unspecified atom stereocenters. The maximum Gasteiger partial charge on any atom is 0.323 e. The number of halogens is 2. The van der Waals surface area contributed by atoms with Gasteiger partial charge >= 0.3 is 6.03 Å². The van der Waals surface area contributed by atoms with Gasteiger partial charge in [0.15, 0.2) is 4.87 Å². The van der Waals surface area contributed by atoms with Crippen LogP contribution >= 0.6 is 11.8 Å². The maximum atomic E-state index is 14.4. The van der Waals surface area contributed by atoms with Gasteiger partial charge in [-0.15, -0.1) is 11.8 Å². The highest BCUT2D eigenvalue weighted by molar-refractivity contribution is 8.01. The van der Waals surface area contributed by atoms with Crippen LogP contribution < -0.4 is 15.0 Å². The van der Waals surface area contributed by atoms with Gasteiger partial charge in [0.2, 0.25) is 0 Å². The van der Waals surface area contributed by atoms with E-state index >= 15 is 0 Å². The molecule has 2 heterocycles. The zero-order valence-electron chi connectivity index (χ0n) is 18.3. The van der Waals surface area contributed by atoms with E-state index in [0.717, 1.165) is 6.07 Å². The van der Waals surface area contributed by atoms with Crippen molar-refractivity contribution in [2.75, 3.05) is 29.6 Å². The number of ether oxygens (including phenoxy) is 1. The maximum absolute atomic E-state index is 14.4. The lowest BCUT2D eigenvalue weighted by Crippen LogP contribution is -2.51. The molecule has 34 heavy (non-hydrogen) atoms. The fraction of sp³-hybridized carbons (Fsp3) is 0.200. The van der Waals surface area contributed by atoms with Crippen molar-refractivity contribution in [1.29, 1.82) is 0 Å². The number of anilines is 2. The first kappa shape index (κ1) is 22.2. The fourth-order valence-corrected chi connectivity index (χ4v) is 5.90. The van der Waals surface area contributed by atoms with Gasteiger partial charge < -0.3 is 15.0 Å². The Morgan fingerprint density at radius 1 is 1.12 bits per heavy atom. The van der Waals surface area contributed by atoms with Crippen LogP contribution in [-0.4, -0.2) is 36.2 Å². The number of methoxy groups -OCH3 is 1. The summed E-state index contributed by atoms with van der Waals surface area (Å²) in [5.41, 5.74) is 2.01. The number of amides is 3. The molecule has 1 fully saturated rings. The summed E-state index contributed by atoms with van der Waals surface area (Å²) >= 11 is 1.37. The van der Waals surface area contributed by atoms with Crippen LogP contribution in [0.4, 0.5) is 25.0 Å². The minimum Gasteiger partial charge on any atom is -0.497 e. The van der Waals surface area contributed by atoms with Crippen molar-refractivity contribution >= 4 is 35.1 Å². The monoisotopic (exact) mass is 481 g/mol. The molecular formula is C25H21F2N3O3S. The van der Waals surface area contributed by atoms with E-state index in [1.165, 1.54) is 33.7 Å². The average molecular weight is 482 g/mol. The van der Waals surface area contributed by atoms with Crippen LogP contribution in [0, 0.1) is 11.6 Å². The number of hydrogen-bond acceptors (Lipinski definition) is 4. The second kappa shape index (κ2) is 8.64. The van der Waals surface area contributed by atoms with Crippen molar-refractivity contribution in [1.82, 2.24) is 4.90 Å². The number of thioether (sulfide) groups is 1. The van der Waals surface area contributed by atoms with E-state index in [-0.39, 0.29) is 18.0 Å². The van der Waals surface area contributed by atoms with Gasteiger partial charge in [-0.2, -0.15) is 0 Å². The molecule has 3 amide bonds. The molecule has 0 saturated carbocycles. The summed E-state index contributed by atoms with van der Waals surface area (Å²) in [6.45, 7) is 0.287. The number of urea groups is 1. The number of benzene rings is 3. The Morgan fingerprint density at radius 2 is 1.94 bits per heavy atom. The third-order valence-corrected chi connectivity index (χ3v) is 7.43. The average Bonchev–Trinajstić information content (AvgIpc) is 3.38. The van der Waals surface area contributed by atoms with Gasteiger partial charge in [-0.3, -0.25) is 9.69 Å². The molecule has 0 bridgehead atoms. The highest BCUT2D eigenvalue weighted by atomic mass is 32.2. The quantitative estimate of drug-likeness (QED) is 0.573. The summed E-state index contributed by atoms with van der Waals surface area (Å²) in [5, 5.41) is 2.86. The lowest BCUT2D eigenvalue weighted by Gasteiger charge is -2.33. The molecule has 0 aliphatic carbocycles. The van der Waals surface area contributed by atoms with Crippen molar-refractivity contribution in [2.45, 2.75) is 11.4 Å². The molecular weight excluding hydrogens is 460 g/mol. The van der Waals surface area contributed by atoms with Crippen molar-refractivity contribution in [2.24, 2.45) is 0 Å². The van der Waals surface area contributed by atoms with E-state index < -0.39 is 22.5 Å². The van der Waals surface area contributed by atoms with Crippen molar-refractivity contribution in [3.05, 3.63) is 89.5 Å². The lowest BCUT2D eigenvalue weighted by molar-refractivity contribution is -0.123. The number of carbonyl (C=O) groups excluding carboxylic acids is 2. The molecule has 0 aromatic heterocycles. The minimum atomic E-state index is -1.27. The van der Waals surface area contributed by atoms with Crippen LogP contribution in [0.15, 0.2) is 66.7 Å². The number of carbonyl (C=O) groups is 2. The summed E-state index contributed by atoms with van der Waals surface area (Å²) in [4.78, 5) is 29.0. The molecule has 9 heteroatoms. The summed E-state index contributed by atoms with van der Waals surface area (Å²) in [6, 6.07) is 17.0. The fourth-order valence-electron chi connectivity index (χ4n) is 4.44. The number of nitrogens with zero attached hydrogens (tertiary/aromatic N) is 2. The first-order valence-electron chi connectivity index (χ1n) is 10.7. The normalized spacial score (nSPS) is 19.0.